The number of aryl methyl sites for hydroxylation is 1. The topological polar surface area (TPSA) is 168 Å². The molecule has 4 atom stereocenters. The number of amides is 2. The van der Waals surface area contributed by atoms with E-state index in [1.165, 1.54) is 31.4 Å². The molecule has 0 aliphatic carbocycles. The number of alkyl halides is 2. The molecule has 2 aromatic carbocycles. The summed E-state index contributed by atoms with van der Waals surface area (Å²) >= 11 is 0. The predicted octanol–water partition coefficient (Wildman–Crippen LogP) is 8.44. The predicted molar refractivity (Wildman–Crippen MR) is 254 cm³/mol. The number of aliphatic hydroxyl groups is 1. The third-order valence-electron chi connectivity index (χ3n) is 13.4. The van der Waals surface area contributed by atoms with Gasteiger partial charge in [0.1, 0.15) is 11.6 Å². The van der Waals surface area contributed by atoms with Gasteiger partial charge >= 0.3 is 6.09 Å². The van der Waals surface area contributed by atoms with E-state index in [1.807, 2.05) is 45.2 Å². The van der Waals surface area contributed by atoms with E-state index < -0.39 is 46.6 Å². The number of nitrogens with one attached hydrogen (secondary N) is 2. The average Bonchev–Trinajstić information content (AvgIpc) is 3.60. The number of carbonyl (C=O) groups excluding carboxylic acids is 2. The SMILES string of the molecule is CCn1c(-c2cc(N3CCN4CCCC[C@@H]4C3)cnc2[C@H](C)OC)c(CC(C)(C)CO)c2cc(-c3cc(C[C@H](NC(=O)OC(C)(C)C)C(=O)N4CCC[C@@H]([N+](=O)[O-])N4)cc(C(F)F)c3)ccc21. The molecule has 0 radical (unpaired) electrons. The van der Waals surface area contributed by atoms with Crippen molar-refractivity contribution in [1.29, 1.82) is 0 Å². The van der Waals surface area contributed by atoms with Gasteiger partial charge in [-0.3, -0.25) is 29.8 Å². The fourth-order valence-corrected chi connectivity index (χ4v) is 9.89. The van der Waals surface area contributed by atoms with E-state index in [-0.39, 0.29) is 37.7 Å². The summed E-state index contributed by atoms with van der Waals surface area (Å²) in [5.74, 6) is -0.663. The number of aromatic nitrogens is 2. The van der Waals surface area contributed by atoms with Gasteiger partial charge in [0.05, 0.1) is 29.4 Å². The highest BCUT2D eigenvalue weighted by atomic mass is 19.3. The molecule has 4 aromatic rings. The molecule has 0 unspecified atom stereocenters. The van der Waals surface area contributed by atoms with Gasteiger partial charge in [0.15, 0.2) is 0 Å². The number of aliphatic hydroxyl groups excluding tert-OH is 1. The molecule has 364 valence electrons. The molecule has 3 aliphatic heterocycles. The first kappa shape index (κ1) is 49.7. The molecule has 0 saturated carbocycles. The Kier molecular flexibility index (Phi) is 15.2. The Labute approximate surface area is 392 Å². The number of ether oxygens (including phenoxy) is 2. The van der Waals surface area contributed by atoms with E-state index in [2.05, 4.69) is 38.1 Å². The molecule has 2 amide bonds. The summed E-state index contributed by atoms with van der Waals surface area (Å²) in [6.07, 6.45) is 1.15. The minimum absolute atomic E-state index is 0.0765. The zero-order valence-corrected chi connectivity index (χ0v) is 40.2. The minimum atomic E-state index is -2.87. The summed E-state index contributed by atoms with van der Waals surface area (Å²) < 4.78 is 43.4. The molecule has 0 spiro atoms. The number of rotatable bonds is 15. The lowest BCUT2D eigenvalue weighted by atomic mass is 9.84. The molecule has 3 aliphatic rings. The van der Waals surface area contributed by atoms with Gasteiger partial charge < -0.3 is 29.4 Å². The lowest BCUT2D eigenvalue weighted by Gasteiger charge is -2.45. The quantitative estimate of drug-likeness (QED) is 0.0774. The van der Waals surface area contributed by atoms with Crippen LogP contribution in [0.4, 0.5) is 19.3 Å². The largest absolute Gasteiger partial charge is 0.444 e. The first-order valence-electron chi connectivity index (χ1n) is 23.7. The summed E-state index contributed by atoms with van der Waals surface area (Å²) in [7, 11) is 1.67. The lowest BCUT2D eigenvalue weighted by Crippen LogP contribution is -2.60. The normalized spacial score (nSPS) is 19.3. The standard InChI is InChI=1S/C50H68F2N8O7/c1-9-58-42-16-15-33(34-21-32(22-35(24-34)46(51)52)23-41(54-48(63)67-49(3,4)5)47(62)59-18-12-14-43(55-59)60(64)65)25-38(42)40(27-50(6,7)30-61)45(58)39-26-37(28-53-44(39)31(2)66-8)57-20-19-56-17-11-10-13-36(56)29-57/h15-16,21-22,24-26,28,31,36,41,43,46,55,61H,9-14,17-20,23,27,29-30H2,1-8H3,(H,54,63)/t31-,36+,41-,43+/m0/s1. The number of nitro groups is 1. The molecular weight excluding hydrogens is 863 g/mol. The zero-order valence-electron chi connectivity index (χ0n) is 40.2. The summed E-state index contributed by atoms with van der Waals surface area (Å²) in [5, 5.41) is 27.0. The van der Waals surface area contributed by atoms with Gasteiger partial charge in [0.2, 0.25) is 0 Å². The van der Waals surface area contributed by atoms with Gasteiger partial charge in [0, 0.05) is 92.3 Å². The van der Waals surface area contributed by atoms with Crippen molar-refractivity contribution in [2.75, 3.05) is 51.3 Å². The van der Waals surface area contributed by atoms with Crippen LogP contribution in [0.1, 0.15) is 115 Å². The number of benzene rings is 2. The van der Waals surface area contributed by atoms with Crippen LogP contribution in [-0.2, 0) is 33.7 Å². The van der Waals surface area contributed by atoms with E-state index in [4.69, 9.17) is 14.5 Å². The molecule has 3 saturated heterocycles. The van der Waals surface area contributed by atoms with Gasteiger partial charge in [-0.15, -0.1) is 0 Å². The second-order valence-electron chi connectivity index (χ2n) is 20.2. The summed E-state index contributed by atoms with van der Waals surface area (Å²) in [6, 6.07) is 11.8. The fourth-order valence-electron chi connectivity index (χ4n) is 9.89. The molecule has 5 heterocycles. The van der Waals surface area contributed by atoms with Crippen molar-refractivity contribution in [2.45, 2.75) is 136 Å². The van der Waals surface area contributed by atoms with Gasteiger partial charge in [-0.05, 0) is 119 Å². The third kappa shape index (κ3) is 11.4. The van der Waals surface area contributed by atoms with Crippen LogP contribution < -0.4 is 15.6 Å². The van der Waals surface area contributed by atoms with Crippen LogP contribution in [0.15, 0.2) is 48.7 Å². The number of halogens is 2. The van der Waals surface area contributed by atoms with Crippen molar-refractivity contribution in [2.24, 2.45) is 5.41 Å². The Morgan fingerprint density at radius 3 is 2.48 bits per heavy atom. The van der Waals surface area contributed by atoms with Crippen LogP contribution >= 0.6 is 0 Å². The molecule has 7 rings (SSSR count). The lowest BCUT2D eigenvalue weighted by molar-refractivity contribution is -0.538. The monoisotopic (exact) mass is 931 g/mol. The molecule has 0 bridgehead atoms. The van der Waals surface area contributed by atoms with Crippen LogP contribution in [0, 0.1) is 15.5 Å². The van der Waals surface area contributed by atoms with Crippen molar-refractivity contribution >= 4 is 28.6 Å². The van der Waals surface area contributed by atoms with Gasteiger partial charge in [-0.1, -0.05) is 38.5 Å². The minimum Gasteiger partial charge on any atom is -0.444 e. The highest BCUT2D eigenvalue weighted by molar-refractivity contribution is 5.96. The van der Waals surface area contributed by atoms with Crippen molar-refractivity contribution in [1.82, 2.24) is 30.2 Å². The van der Waals surface area contributed by atoms with E-state index in [1.54, 1.807) is 33.9 Å². The maximum absolute atomic E-state index is 14.9. The van der Waals surface area contributed by atoms with Crippen LogP contribution in [0.25, 0.3) is 33.3 Å². The zero-order chi connectivity index (χ0) is 48.4. The van der Waals surface area contributed by atoms with Crippen LogP contribution in [-0.4, -0.2) is 112 Å². The van der Waals surface area contributed by atoms with Gasteiger partial charge in [-0.2, -0.15) is 5.43 Å². The Bertz CT molecular complexity index is 2440. The molecule has 67 heavy (non-hydrogen) atoms. The molecule has 3 fully saturated rings. The average molecular weight is 931 g/mol. The number of hydrogen-bond donors (Lipinski definition) is 3. The highest BCUT2D eigenvalue weighted by Crippen LogP contribution is 2.43. The van der Waals surface area contributed by atoms with E-state index >= 15 is 0 Å². The van der Waals surface area contributed by atoms with E-state index in [0.717, 1.165) is 70.3 Å². The Hall–Kier alpha value is -5.23. The van der Waals surface area contributed by atoms with Crippen molar-refractivity contribution < 1.29 is 37.9 Å². The second-order valence-corrected chi connectivity index (χ2v) is 20.2. The summed E-state index contributed by atoms with van der Waals surface area (Å²) in [6.45, 7) is 17.8. The Balaban J connectivity index is 1.34. The Morgan fingerprint density at radius 2 is 1.79 bits per heavy atom. The number of piperazine rings is 1. The molecular formula is C50H68F2N8O7. The number of piperidine rings is 1. The van der Waals surface area contributed by atoms with Crippen LogP contribution in [0.5, 0.6) is 0 Å². The molecule has 17 heteroatoms. The molecule has 15 nitrogen and oxygen atoms in total. The van der Waals surface area contributed by atoms with Crippen molar-refractivity contribution in [3.63, 3.8) is 0 Å². The van der Waals surface area contributed by atoms with E-state index in [9.17, 15) is 33.6 Å². The number of alkyl carbamates (subject to hydrolysis) is 1. The third-order valence-corrected chi connectivity index (χ3v) is 13.4. The number of nitrogens with zero attached hydrogens (tertiary/aromatic N) is 6. The molecule has 2 aromatic heterocycles. The number of pyridine rings is 1. The summed E-state index contributed by atoms with van der Waals surface area (Å²) in [5.41, 5.74) is 8.03. The van der Waals surface area contributed by atoms with Crippen LogP contribution in [0.3, 0.4) is 0 Å². The van der Waals surface area contributed by atoms with Gasteiger partial charge in [0.25, 0.3) is 18.5 Å². The number of methoxy groups -OCH3 is 1. The maximum atomic E-state index is 14.9. The molecule has 3 N–H and O–H groups in total. The number of anilines is 1. The number of carbonyl (C=O) groups is 2. The highest BCUT2D eigenvalue weighted by Gasteiger charge is 2.36. The Morgan fingerprint density at radius 1 is 1.01 bits per heavy atom. The second kappa shape index (κ2) is 20.6. The first-order valence-corrected chi connectivity index (χ1v) is 23.7. The van der Waals surface area contributed by atoms with Gasteiger partial charge in [-0.25, -0.2) is 13.6 Å². The first-order chi connectivity index (χ1) is 31.8. The number of hydrazine groups is 1. The summed E-state index contributed by atoms with van der Waals surface area (Å²) in [4.78, 5) is 48.6. The number of fused-ring (bicyclic) bond motifs is 2. The fraction of sp³-hybridized carbons (Fsp3) is 0.580. The van der Waals surface area contributed by atoms with Crippen molar-refractivity contribution in [3.05, 3.63) is 81.2 Å². The smallest absolute Gasteiger partial charge is 0.408 e. The van der Waals surface area contributed by atoms with E-state index in [0.29, 0.717) is 42.1 Å². The van der Waals surface area contributed by atoms with Crippen LogP contribution in [0.2, 0.25) is 0 Å². The van der Waals surface area contributed by atoms with Crippen molar-refractivity contribution in [3.8, 4) is 22.4 Å². The maximum Gasteiger partial charge on any atom is 0.408 e. The number of hydrogen-bond acceptors (Lipinski definition) is 11.